The molecule has 0 heterocycles. The van der Waals surface area contributed by atoms with Gasteiger partial charge in [0.1, 0.15) is 0 Å². The molecule has 0 aliphatic carbocycles. The Bertz CT molecular complexity index is 181. The van der Waals surface area contributed by atoms with Gasteiger partial charge in [-0.05, 0) is 0 Å². The predicted octanol–water partition coefficient (Wildman–Crippen LogP) is 1.04. The average molecular weight is 178 g/mol. The molecule has 0 aromatic heterocycles. The van der Waals surface area contributed by atoms with Gasteiger partial charge in [0.05, 0.1) is 0 Å². The maximum absolute atomic E-state index is 9.18. The minimum atomic E-state index is -4.54. The Morgan fingerprint density at radius 2 is 1.82 bits per heavy atom. The van der Waals surface area contributed by atoms with E-state index in [1.165, 1.54) is 6.92 Å². The zero-order valence-electron chi connectivity index (χ0n) is 6.91. The fourth-order valence-electron chi connectivity index (χ4n) is 0.734. The molecule has 0 amide bonds. The van der Waals surface area contributed by atoms with E-state index >= 15 is 0 Å². The summed E-state index contributed by atoms with van der Waals surface area (Å²) in [5.41, 5.74) is 2.08. The molecule has 0 fully saturated rings. The van der Waals surface area contributed by atoms with Crippen molar-refractivity contribution in [3.63, 3.8) is 0 Å². The van der Waals surface area contributed by atoms with E-state index in [1.807, 2.05) is 6.92 Å². The Kier molecular flexibility index (Phi) is 3.47. The summed E-state index contributed by atoms with van der Waals surface area (Å²) in [4.78, 5) is 27.5. The van der Waals surface area contributed by atoms with Crippen LogP contribution < -0.4 is 0 Å². The SMILES string of the molecule is CC#CP(O)(O)(O)CCCC. The van der Waals surface area contributed by atoms with E-state index in [0.717, 1.165) is 6.42 Å². The van der Waals surface area contributed by atoms with Crippen molar-refractivity contribution in [1.82, 2.24) is 0 Å². The van der Waals surface area contributed by atoms with Gasteiger partial charge in [0.25, 0.3) is 0 Å². The van der Waals surface area contributed by atoms with Crippen LogP contribution in [0.5, 0.6) is 0 Å². The molecule has 4 heteroatoms. The third-order valence-electron chi connectivity index (χ3n) is 1.26. The zero-order chi connectivity index (χ0) is 8.98. The third-order valence-corrected chi connectivity index (χ3v) is 3.09. The third kappa shape index (κ3) is 5.17. The molecule has 0 aliphatic heterocycles. The van der Waals surface area contributed by atoms with Crippen LogP contribution in [0, 0.1) is 11.6 Å². The van der Waals surface area contributed by atoms with Gasteiger partial charge in [0.15, 0.2) is 0 Å². The summed E-state index contributed by atoms with van der Waals surface area (Å²) >= 11 is 0. The molecule has 0 aliphatic rings. The first-order valence-corrected chi connectivity index (χ1v) is 5.88. The Hall–Kier alpha value is -0.130. The van der Waals surface area contributed by atoms with Crippen molar-refractivity contribution in [2.75, 3.05) is 6.16 Å². The second-order valence-electron chi connectivity index (χ2n) is 2.59. The molecule has 0 spiro atoms. The molecule has 11 heavy (non-hydrogen) atoms. The first kappa shape index (κ1) is 10.9. The molecule has 0 unspecified atom stereocenters. The Morgan fingerprint density at radius 1 is 1.27 bits per heavy atom. The number of rotatable bonds is 3. The summed E-state index contributed by atoms with van der Waals surface area (Å²) in [5.74, 6) is 2.32. The Morgan fingerprint density at radius 3 is 2.18 bits per heavy atom. The second-order valence-corrected chi connectivity index (χ2v) is 5.56. The first-order valence-electron chi connectivity index (χ1n) is 3.60. The van der Waals surface area contributed by atoms with Crippen molar-refractivity contribution in [2.45, 2.75) is 26.7 Å². The summed E-state index contributed by atoms with van der Waals surface area (Å²) in [7, 11) is -4.54. The van der Waals surface area contributed by atoms with Gasteiger partial charge in [-0.25, -0.2) is 0 Å². The summed E-state index contributed by atoms with van der Waals surface area (Å²) in [6, 6.07) is 0. The standard InChI is InChI=1S/C7H15O3P/c1-3-5-7-11(8,9,10)6-4-2/h8-10H,3,5,7H2,1-2H3. The van der Waals surface area contributed by atoms with E-state index in [1.54, 1.807) is 0 Å². The van der Waals surface area contributed by atoms with Crippen LogP contribution in [0.15, 0.2) is 0 Å². The van der Waals surface area contributed by atoms with Crippen molar-refractivity contribution < 1.29 is 14.7 Å². The second kappa shape index (κ2) is 3.51. The van der Waals surface area contributed by atoms with E-state index in [9.17, 15) is 14.7 Å². The van der Waals surface area contributed by atoms with Gasteiger partial charge in [0.2, 0.25) is 0 Å². The molecule has 0 aromatic rings. The van der Waals surface area contributed by atoms with Crippen LogP contribution >= 0.6 is 7.28 Å². The summed E-state index contributed by atoms with van der Waals surface area (Å²) in [6.45, 7) is 3.38. The van der Waals surface area contributed by atoms with E-state index in [2.05, 4.69) is 11.6 Å². The molecule has 0 rings (SSSR count). The average Bonchev–Trinajstić information content (AvgIpc) is 1.83. The topological polar surface area (TPSA) is 60.7 Å². The molecule has 3 nitrogen and oxygen atoms in total. The fraction of sp³-hybridized carbons (Fsp3) is 0.714. The van der Waals surface area contributed by atoms with Crippen LogP contribution in [0.3, 0.4) is 0 Å². The Labute approximate surface area is 67.2 Å². The van der Waals surface area contributed by atoms with Crippen molar-refractivity contribution in [2.24, 2.45) is 0 Å². The van der Waals surface area contributed by atoms with Gasteiger partial charge in [0, 0.05) is 0 Å². The molecule has 3 N–H and O–H groups in total. The van der Waals surface area contributed by atoms with Crippen molar-refractivity contribution in [1.29, 1.82) is 0 Å². The van der Waals surface area contributed by atoms with Gasteiger partial charge in [-0.3, -0.25) is 0 Å². The molecule has 0 saturated heterocycles. The summed E-state index contributed by atoms with van der Waals surface area (Å²) < 4.78 is 0. The normalized spacial score (nSPS) is 14.5. The number of unbranched alkanes of at least 4 members (excludes halogenated alkanes) is 1. The molecule has 0 radical (unpaired) electrons. The van der Waals surface area contributed by atoms with Gasteiger partial charge in [-0.15, -0.1) is 0 Å². The van der Waals surface area contributed by atoms with E-state index in [-0.39, 0.29) is 6.16 Å². The van der Waals surface area contributed by atoms with Crippen LogP contribution in [0.2, 0.25) is 0 Å². The monoisotopic (exact) mass is 178 g/mol. The van der Waals surface area contributed by atoms with Crippen molar-refractivity contribution in [3.8, 4) is 11.6 Å². The van der Waals surface area contributed by atoms with Crippen LogP contribution in [0.25, 0.3) is 0 Å². The van der Waals surface area contributed by atoms with E-state index in [0.29, 0.717) is 6.42 Å². The van der Waals surface area contributed by atoms with Crippen LogP contribution in [0.1, 0.15) is 26.7 Å². The van der Waals surface area contributed by atoms with Gasteiger partial charge >= 0.3 is 66.4 Å². The Balaban J connectivity index is 4.22. The van der Waals surface area contributed by atoms with Gasteiger partial charge < -0.3 is 0 Å². The van der Waals surface area contributed by atoms with E-state index < -0.39 is 7.28 Å². The molecule has 0 saturated carbocycles. The molecule has 0 bridgehead atoms. The number of hydrogen-bond acceptors (Lipinski definition) is 3. The molecular weight excluding hydrogens is 163 g/mol. The number of hydrogen-bond donors (Lipinski definition) is 3. The predicted molar refractivity (Wildman–Crippen MR) is 46.8 cm³/mol. The van der Waals surface area contributed by atoms with Crippen LogP contribution in [-0.4, -0.2) is 20.8 Å². The molecule has 66 valence electrons. The molecular formula is C7H15O3P. The van der Waals surface area contributed by atoms with Crippen molar-refractivity contribution >= 4 is 7.28 Å². The first-order chi connectivity index (χ1) is 4.89. The van der Waals surface area contributed by atoms with Crippen LogP contribution in [0.4, 0.5) is 0 Å². The molecule has 0 atom stereocenters. The maximum atomic E-state index is 9.18. The summed E-state index contributed by atoms with van der Waals surface area (Å²) in [5, 5.41) is 0. The van der Waals surface area contributed by atoms with E-state index in [4.69, 9.17) is 0 Å². The van der Waals surface area contributed by atoms with Crippen molar-refractivity contribution in [3.05, 3.63) is 0 Å². The zero-order valence-corrected chi connectivity index (χ0v) is 7.80. The van der Waals surface area contributed by atoms with Gasteiger partial charge in [-0.1, -0.05) is 0 Å². The minimum absolute atomic E-state index is 0.0110. The van der Waals surface area contributed by atoms with Gasteiger partial charge in [-0.2, -0.15) is 0 Å². The molecule has 0 aromatic carbocycles. The van der Waals surface area contributed by atoms with Crippen LogP contribution in [-0.2, 0) is 0 Å². The quantitative estimate of drug-likeness (QED) is 0.447. The fourth-order valence-corrected chi connectivity index (χ4v) is 2.20. The summed E-state index contributed by atoms with van der Waals surface area (Å²) in [6.07, 6.45) is 1.38.